The zero-order chi connectivity index (χ0) is 16.1. The average molecular weight is 306 g/mol. The molecule has 0 aliphatic heterocycles. The van der Waals surface area contributed by atoms with Crippen molar-refractivity contribution in [3.05, 3.63) is 72.3 Å². The summed E-state index contributed by atoms with van der Waals surface area (Å²) in [5.41, 5.74) is 3.39. The van der Waals surface area contributed by atoms with Crippen LogP contribution in [0.15, 0.2) is 66.7 Å². The van der Waals surface area contributed by atoms with E-state index in [-0.39, 0.29) is 17.8 Å². The van der Waals surface area contributed by atoms with Crippen molar-refractivity contribution in [3.63, 3.8) is 0 Å². The van der Waals surface area contributed by atoms with Gasteiger partial charge in [-0.25, -0.2) is 0 Å². The quantitative estimate of drug-likeness (QED) is 0.589. The second-order valence-corrected chi connectivity index (χ2v) is 6.01. The molecule has 3 rings (SSSR count). The summed E-state index contributed by atoms with van der Waals surface area (Å²) >= 11 is 0. The maximum absolute atomic E-state index is 12.3. The Hall–Kier alpha value is -2.35. The number of hydrogen-bond acceptors (Lipinski definition) is 2. The minimum atomic E-state index is -0.207. The Morgan fingerprint density at radius 2 is 1.74 bits per heavy atom. The van der Waals surface area contributed by atoms with Gasteiger partial charge in [0.15, 0.2) is 0 Å². The molecule has 0 saturated heterocycles. The molecule has 2 atom stereocenters. The summed E-state index contributed by atoms with van der Waals surface area (Å²) in [5, 5.41) is 0. The fourth-order valence-corrected chi connectivity index (χ4v) is 3.31. The Labute approximate surface area is 137 Å². The van der Waals surface area contributed by atoms with E-state index >= 15 is 0 Å². The van der Waals surface area contributed by atoms with E-state index in [0.717, 1.165) is 30.4 Å². The molecular weight excluding hydrogens is 284 g/mol. The van der Waals surface area contributed by atoms with E-state index < -0.39 is 0 Å². The third-order valence-electron chi connectivity index (χ3n) is 4.55. The van der Waals surface area contributed by atoms with Gasteiger partial charge in [0.1, 0.15) is 0 Å². The molecule has 1 aliphatic carbocycles. The van der Waals surface area contributed by atoms with Crippen LogP contribution < -0.4 is 0 Å². The number of esters is 1. The number of rotatable bonds is 4. The molecule has 1 aliphatic rings. The van der Waals surface area contributed by atoms with Crippen LogP contribution in [0.1, 0.15) is 30.7 Å². The van der Waals surface area contributed by atoms with E-state index in [9.17, 15) is 4.79 Å². The highest BCUT2D eigenvalue weighted by Crippen LogP contribution is 2.34. The molecule has 2 aromatic carbocycles. The summed E-state index contributed by atoms with van der Waals surface area (Å²) in [4.78, 5) is 12.3. The largest absolute Gasteiger partial charge is 0.469 e. The predicted octanol–water partition coefficient (Wildman–Crippen LogP) is 4.97. The first kappa shape index (κ1) is 15.5. The number of benzene rings is 2. The van der Waals surface area contributed by atoms with Crippen molar-refractivity contribution >= 4 is 5.97 Å². The molecule has 118 valence electrons. The molecule has 2 aromatic rings. The topological polar surface area (TPSA) is 26.3 Å². The fourth-order valence-electron chi connectivity index (χ4n) is 3.31. The average Bonchev–Trinajstić information content (AvgIpc) is 2.64. The molecule has 0 fully saturated rings. The lowest BCUT2D eigenvalue weighted by atomic mass is 9.80. The maximum Gasteiger partial charge on any atom is 0.313 e. The van der Waals surface area contributed by atoms with Crippen LogP contribution in [0.3, 0.4) is 0 Å². The normalized spacial score (nSPS) is 18.4. The number of ether oxygens (including phenoxy) is 1. The third kappa shape index (κ3) is 3.53. The Kier molecular flexibility index (Phi) is 4.92. The lowest BCUT2D eigenvalue weighted by Gasteiger charge is -2.25. The summed E-state index contributed by atoms with van der Waals surface area (Å²) in [6.45, 7) is 0. The second kappa shape index (κ2) is 7.28. The Morgan fingerprint density at radius 1 is 1.04 bits per heavy atom. The molecule has 0 amide bonds. The van der Waals surface area contributed by atoms with Gasteiger partial charge in [0.25, 0.3) is 0 Å². The van der Waals surface area contributed by atoms with Gasteiger partial charge in [-0.15, -0.1) is 0 Å². The van der Waals surface area contributed by atoms with E-state index in [0.29, 0.717) is 0 Å². The Bertz CT molecular complexity index is 671. The van der Waals surface area contributed by atoms with E-state index in [1.165, 1.54) is 12.7 Å². The molecular formula is C21H22O2. The molecule has 23 heavy (non-hydrogen) atoms. The first-order chi connectivity index (χ1) is 11.3. The number of carbonyl (C=O) groups excluding carboxylic acids is 1. The van der Waals surface area contributed by atoms with Crippen molar-refractivity contribution in [1.29, 1.82) is 0 Å². The summed E-state index contributed by atoms with van der Waals surface area (Å²) in [6.07, 6.45) is 7.64. The van der Waals surface area contributed by atoms with Gasteiger partial charge < -0.3 is 4.74 Å². The summed E-state index contributed by atoms with van der Waals surface area (Å²) in [6, 6.07) is 18.6. The SMILES string of the molecule is COC(=O)[C@@H](c1ccc(-c2ccccc2)cc1)[C@@H]1C=CCCC1. The highest BCUT2D eigenvalue weighted by Gasteiger charge is 2.29. The van der Waals surface area contributed by atoms with Crippen LogP contribution in [0.5, 0.6) is 0 Å². The first-order valence-electron chi connectivity index (χ1n) is 8.19. The zero-order valence-corrected chi connectivity index (χ0v) is 13.4. The molecule has 0 heterocycles. The van der Waals surface area contributed by atoms with Crippen LogP contribution >= 0.6 is 0 Å². The fraction of sp³-hybridized carbons (Fsp3) is 0.286. The highest BCUT2D eigenvalue weighted by molar-refractivity contribution is 5.79. The van der Waals surface area contributed by atoms with Gasteiger partial charge in [-0.3, -0.25) is 4.79 Å². The highest BCUT2D eigenvalue weighted by atomic mass is 16.5. The summed E-state index contributed by atoms with van der Waals surface area (Å²) in [7, 11) is 1.47. The molecule has 0 bridgehead atoms. The molecule has 0 N–H and O–H groups in total. The molecule has 0 spiro atoms. The Morgan fingerprint density at radius 3 is 2.35 bits per heavy atom. The maximum atomic E-state index is 12.3. The molecule has 0 saturated carbocycles. The molecule has 2 nitrogen and oxygen atoms in total. The number of methoxy groups -OCH3 is 1. The van der Waals surface area contributed by atoms with Crippen molar-refractivity contribution in [2.45, 2.75) is 25.2 Å². The van der Waals surface area contributed by atoms with Crippen LogP contribution in [0.25, 0.3) is 11.1 Å². The number of carbonyl (C=O) groups is 1. The van der Waals surface area contributed by atoms with Crippen LogP contribution in [0, 0.1) is 5.92 Å². The van der Waals surface area contributed by atoms with Crippen molar-refractivity contribution in [2.24, 2.45) is 5.92 Å². The smallest absolute Gasteiger partial charge is 0.313 e. The monoisotopic (exact) mass is 306 g/mol. The minimum Gasteiger partial charge on any atom is -0.469 e. The van der Waals surface area contributed by atoms with Crippen molar-refractivity contribution in [2.75, 3.05) is 7.11 Å². The molecule has 0 unspecified atom stereocenters. The van der Waals surface area contributed by atoms with Crippen LogP contribution in [-0.2, 0) is 9.53 Å². The lowest BCUT2D eigenvalue weighted by Crippen LogP contribution is -2.23. The molecule has 0 aromatic heterocycles. The van der Waals surface area contributed by atoms with Crippen molar-refractivity contribution in [1.82, 2.24) is 0 Å². The van der Waals surface area contributed by atoms with E-state index in [2.05, 4.69) is 48.6 Å². The lowest BCUT2D eigenvalue weighted by molar-refractivity contribution is -0.143. The molecule has 0 radical (unpaired) electrons. The first-order valence-corrected chi connectivity index (χ1v) is 8.19. The van der Waals surface area contributed by atoms with Gasteiger partial charge in [-0.2, -0.15) is 0 Å². The standard InChI is InChI=1S/C21H22O2/c1-23-21(22)20(18-10-6-3-7-11-18)19-14-12-17(13-15-19)16-8-4-2-5-9-16/h2,4-6,8-10,12-15,18,20H,3,7,11H2,1H3/t18-,20-/m1/s1. The summed E-state index contributed by atoms with van der Waals surface area (Å²) < 4.78 is 5.06. The van der Waals surface area contributed by atoms with Gasteiger partial charge >= 0.3 is 5.97 Å². The number of hydrogen-bond donors (Lipinski definition) is 0. The van der Waals surface area contributed by atoms with Gasteiger partial charge in [-0.1, -0.05) is 66.7 Å². The Balaban J connectivity index is 1.89. The van der Waals surface area contributed by atoms with Crippen molar-refractivity contribution in [3.8, 4) is 11.1 Å². The van der Waals surface area contributed by atoms with E-state index in [4.69, 9.17) is 4.74 Å². The molecule has 2 heteroatoms. The third-order valence-corrected chi connectivity index (χ3v) is 4.55. The predicted molar refractivity (Wildman–Crippen MR) is 93.1 cm³/mol. The van der Waals surface area contributed by atoms with E-state index in [1.807, 2.05) is 18.2 Å². The minimum absolute atomic E-state index is 0.144. The second-order valence-electron chi connectivity index (χ2n) is 6.01. The van der Waals surface area contributed by atoms with Crippen LogP contribution in [-0.4, -0.2) is 13.1 Å². The zero-order valence-electron chi connectivity index (χ0n) is 13.4. The van der Waals surface area contributed by atoms with Gasteiger partial charge in [0.2, 0.25) is 0 Å². The van der Waals surface area contributed by atoms with Crippen LogP contribution in [0.4, 0.5) is 0 Å². The van der Waals surface area contributed by atoms with Gasteiger partial charge in [0, 0.05) is 0 Å². The van der Waals surface area contributed by atoms with Crippen LogP contribution in [0.2, 0.25) is 0 Å². The van der Waals surface area contributed by atoms with Crippen molar-refractivity contribution < 1.29 is 9.53 Å². The number of allylic oxidation sites excluding steroid dienone is 2. The van der Waals surface area contributed by atoms with E-state index in [1.54, 1.807) is 0 Å². The van der Waals surface area contributed by atoms with Gasteiger partial charge in [0.05, 0.1) is 13.0 Å². The summed E-state index contributed by atoms with van der Waals surface area (Å²) in [5.74, 6) is -0.117. The van der Waals surface area contributed by atoms with Gasteiger partial charge in [-0.05, 0) is 41.9 Å².